The van der Waals surface area contributed by atoms with Crippen molar-refractivity contribution >= 4 is 5.97 Å². The van der Waals surface area contributed by atoms with Gasteiger partial charge in [-0.25, -0.2) is 4.79 Å². The first-order chi connectivity index (χ1) is 6.77. The van der Waals surface area contributed by atoms with E-state index in [1.165, 1.54) is 0 Å². The number of carboxylic acids is 1. The lowest BCUT2D eigenvalue weighted by molar-refractivity contribution is 0.0697. The normalized spacial score (nSPS) is 10.0. The molecule has 1 heterocycles. The van der Waals surface area contributed by atoms with E-state index in [-0.39, 0.29) is 0 Å². The Labute approximate surface area is 81.0 Å². The predicted molar refractivity (Wildman–Crippen MR) is 53.2 cm³/mol. The molecule has 1 aromatic carbocycles. The van der Waals surface area contributed by atoms with Crippen LogP contribution in [0.5, 0.6) is 0 Å². The van der Waals surface area contributed by atoms with Gasteiger partial charge in [-0.05, 0) is 29.3 Å². The van der Waals surface area contributed by atoms with Gasteiger partial charge in [0.05, 0.1) is 5.56 Å². The van der Waals surface area contributed by atoms with Gasteiger partial charge in [0.1, 0.15) is 0 Å². The highest BCUT2D eigenvalue weighted by Gasteiger charge is 2.02. The molecular formula is C11H9NO2. The van der Waals surface area contributed by atoms with Crippen LogP contribution in [-0.4, -0.2) is 16.1 Å². The van der Waals surface area contributed by atoms with Crippen LogP contribution in [0.3, 0.4) is 0 Å². The Balaban J connectivity index is 2.36. The van der Waals surface area contributed by atoms with Crippen molar-refractivity contribution in [3.05, 3.63) is 48.3 Å². The second-order valence-electron chi connectivity index (χ2n) is 2.98. The fourth-order valence-corrected chi connectivity index (χ4v) is 1.31. The van der Waals surface area contributed by atoms with Crippen LogP contribution >= 0.6 is 0 Å². The van der Waals surface area contributed by atoms with Crippen LogP contribution in [0.2, 0.25) is 0 Å². The lowest BCUT2D eigenvalue weighted by Crippen LogP contribution is -1.94. The van der Waals surface area contributed by atoms with Crippen LogP contribution in [0.4, 0.5) is 0 Å². The topological polar surface area (TPSA) is 53.1 Å². The lowest BCUT2D eigenvalue weighted by Gasteiger charge is -1.98. The van der Waals surface area contributed by atoms with E-state index in [9.17, 15) is 4.79 Å². The Hall–Kier alpha value is -2.03. The molecule has 3 heteroatoms. The molecule has 0 saturated carbocycles. The Kier molecular flexibility index (Phi) is 2.07. The molecule has 0 aliphatic heterocycles. The highest BCUT2D eigenvalue weighted by molar-refractivity contribution is 5.88. The minimum Gasteiger partial charge on any atom is -0.478 e. The predicted octanol–water partition coefficient (Wildman–Crippen LogP) is 2.38. The molecule has 0 aliphatic rings. The van der Waals surface area contributed by atoms with E-state index < -0.39 is 5.97 Å². The van der Waals surface area contributed by atoms with E-state index in [0.717, 1.165) is 11.1 Å². The summed E-state index contributed by atoms with van der Waals surface area (Å²) in [6.45, 7) is 0. The molecule has 0 fully saturated rings. The van der Waals surface area contributed by atoms with Crippen LogP contribution in [0.15, 0.2) is 42.7 Å². The quantitative estimate of drug-likeness (QED) is 0.758. The summed E-state index contributed by atoms with van der Waals surface area (Å²) in [5, 5.41) is 8.70. The monoisotopic (exact) mass is 187 g/mol. The number of nitrogens with one attached hydrogen (secondary N) is 1. The Morgan fingerprint density at radius 3 is 2.29 bits per heavy atom. The molecule has 0 saturated heterocycles. The summed E-state index contributed by atoms with van der Waals surface area (Å²) >= 11 is 0. The van der Waals surface area contributed by atoms with Crippen molar-refractivity contribution in [2.24, 2.45) is 0 Å². The van der Waals surface area contributed by atoms with Gasteiger partial charge in [0, 0.05) is 12.4 Å². The van der Waals surface area contributed by atoms with Crippen molar-refractivity contribution in [2.45, 2.75) is 0 Å². The molecule has 14 heavy (non-hydrogen) atoms. The van der Waals surface area contributed by atoms with Crippen LogP contribution in [0.1, 0.15) is 10.4 Å². The first kappa shape index (κ1) is 8.56. The molecule has 0 aliphatic carbocycles. The molecule has 0 amide bonds. The number of carboxylic acid groups (broad SMARTS) is 1. The molecule has 2 rings (SSSR count). The molecule has 0 radical (unpaired) electrons. The summed E-state index contributed by atoms with van der Waals surface area (Å²) in [6, 6.07) is 8.74. The molecule has 2 aromatic rings. The Bertz CT molecular complexity index is 429. The maximum Gasteiger partial charge on any atom is 0.335 e. The van der Waals surface area contributed by atoms with Crippen molar-refractivity contribution in [3.8, 4) is 11.1 Å². The number of aromatic carboxylic acids is 1. The maximum absolute atomic E-state index is 10.6. The second-order valence-corrected chi connectivity index (χ2v) is 2.98. The number of hydrogen-bond donors (Lipinski definition) is 2. The Morgan fingerprint density at radius 2 is 1.79 bits per heavy atom. The van der Waals surface area contributed by atoms with Crippen LogP contribution in [0, 0.1) is 0 Å². The third-order valence-corrected chi connectivity index (χ3v) is 2.06. The number of hydrogen-bond acceptors (Lipinski definition) is 1. The maximum atomic E-state index is 10.6. The fraction of sp³-hybridized carbons (Fsp3) is 0. The van der Waals surface area contributed by atoms with Gasteiger partial charge in [0.2, 0.25) is 0 Å². The molecule has 0 unspecified atom stereocenters. The average molecular weight is 187 g/mol. The largest absolute Gasteiger partial charge is 0.478 e. The molecule has 0 atom stereocenters. The fourth-order valence-electron chi connectivity index (χ4n) is 1.31. The van der Waals surface area contributed by atoms with Gasteiger partial charge in [0.25, 0.3) is 0 Å². The molecule has 1 aromatic heterocycles. The van der Waals surface area contributed by atoms with Gasteiger partial charge >= 0.3 is 5.97 Å². The SMILES string of the molecule is O=C(O)c1ccc(-c2cc[nH]c2)cc1. The van der Waals surface area contributed by atoms with Gasteiger partial charge in [-0.3, -0.25) is 0 Å². The van der Waals surface area contributed by atoms with Crippen molar-refractivity contribution in [3.63, 3.8) is 0 Å². The summed E-state index contributed by atoms with van der Waals surface area (Å²) in [6.07, 6.45) is 3.70. The highest BCUT2D eigenvalue weighted by Crippen LogP contribution is 2.18. The van der Waals surface area contributed by atoms with Crippen LogP contribution in [0.25, 0.3) is 11.1 Å². The third kappa shape index (κ3) is 1.52. The van der Waals surface area contributed by atoms with Crippen molar-refractivity contribution in [2.75, 3.05) is 0 Å². The summed E-state index contributed by atoms with van der Waals surface area (Å²) < 4.78 is 0. The van der Waals surface area contributed by atoms with E-state index in [0.29, 0.717) is 5.56 Å². The number of carbonyl (C=O) groups is 1. The summed E-state index contributed by atoms with van der Waals surface area (Å²) in [4.78, 5) is 13.5. The van der Waals surface area contributed by atoms with Crippen LogP contribution < -0.4 is 0 Å². The van der Waals surface area contributed by atoms with E-state index in [1.54, 1.807) is 24.3 Å². The summed E-state index contributed by atoms with van der Waals surface area (Å²) in [7, 11) is 0. The zero-order chi connectivity index (χ0) is 9.97. The molecule has 3 nitrogen and oxygen atoms in total. The lowest BCUT2D eigenvalue weighted by atomic mass is 10.1. The van der Waals surface area contributed by atoms with Crippen molar-refractivity contribution < 1.29 is 9.90 Å². The van der Waals surface area contributed by atoms with Crippen molar-refractivity contribution in [1.29, 1.82) is 0 Å². The minimum atomic E-state index is -0.898. The number of rotatable bonds is 2. The first-order valence-corrected chi connectivity index (χ1v) is 4.24. The zero-order valence-electron chi connectivity index (χ0n) is 7.40. The molecule has 0 spiro atoms. The molecule has 0 bridgehead atoms. The van der Waals surface area contributed by atoms with Gasteiger partial charge < -0.3 is 10.1 Å². The highest BCUT2D eigenvalue weighted by atomic mass is 16.4. The average Bonchev–Trinajstić information content (AvgIpc) is 2.71. The smallest absolute Gasteiger partial charge is 0.335 e. The standard InChI is InChI=1S/C11H9NO2/c13-11(14)9-3-1-8(2-4-9)10-5-6-12-7-10/h1-7,12H,(H,13,14). The Morgan fingerprint density at radius 1 is 1.07 bits per heavy atom. The number of aromatic nitrogens is 1. The van der Waals surface area contributed by atoms with Gasteiger partial charge in [-0.1, -0.05) is 12.1 Å². The van der Waals surface area contributed by atoms with E-state index >= 15 is 0 Å². The number of benzene rings is 1. The molecule has 2 N–H and O–H groups in total. The summed E-state index contributed by atoms with van der Waals surface area (Å²) in [5.74, 6) is -0.898. The molecule has 70 valence electrons. The van der Waals surface area contributed by atoms with E-state index in [1.807, 2.05) is 18.5 Å². The van der Waals surface area contributed by atoms with Gasteiger partial charge in [-0.2, -0.15) is 0 Å². The second kappa shape index (κ2) is 3.38. The number of H-pyrrole nitrogens is 1. The third-order valence-electron chi connectivity index (χ3n) is 2.06. The van der Waals surface area contributed by atoms with Crippen molar-refractivity contribution in [1.82, 2.24) is 4.98 Å². The zero-order valence-corrected chi connectivity index (χ0v) is 7.40. The number of aromatic amines is 1. The summed E-state index contributed by atoms with van der Waals surface area (Å²) in [5.41, 5.74) is 2.38. The van der Waals surface area contributed by atoms with Gasteiger partial charge in [0.15, 0.2) is 0 Å². The van der Waals surface area contributed by atoms with Crippen LogP contribution in [-0.2, 0) is 0 Å². The minimum absolute atomic E-state index is 0.310. The van der Waals surface area contributed by atoms with E-state index in [4.69, 9.17) is 5.11 Å². The van der Waals surface area contributed by atoms with E-state index in [2.05, 4.69) is 4.98 Å². The van der Waals surface area contributed by atoms with Gasteiger partial charge in [-0.15, -0.1) is 0 Å². The molecular weight excluding hydrogens is 178 g/mol. The first-order valence-electron chi connectivity index (χ1n) is 4.24.